The molecule has 0 spiro atoms. The molecule has 0 radical (unpaired) electrons. The highest BCUT2D eigenvalue weighted by atomic mass is 16.5. The average molecular weight is 355 g/mol. The molecule has 0 fully saturated rings. The third-order valence-electron chi connectivity index (χ3n) is 3.67. The molecule has 26 heavy (non-hydrogen) atoms. The molecule has 0 atom stereocenters. The van der Waals surface area contributed by atoms with Crippen molar-refractivity contribution < 1.29 is 24.1 Å². The number of nitrogens with zero attached hydrogens (tertiary/aromatic N) is 1. The normalized spacial score (nSPS) is 10.0. The lowest BCUT2D eigenvalue weighted by Gasteiger charge is -2.10. The van der Waals surface area contributed by atoms with Gasteiger partial charge in [0.05, 0.1) is 37.5 Å². The van der Waals surface area contributed by atoms with Crippen LogP contribution >= 0.6 is 0 Å². The van der Waals surface area contributed by atoms with Crippen LogP contribution in [0.25, 0.3) is 0 Å². The van der Waals surface area contributed by atoms with E-state index in [1.807, 2.05) is 0 Å². The summed E-state index contributed by atoms with van der Waals surface area (Å²) >= 11 is 0. The van der Waals surface area contributed by atoms with Crippen LogP contribution in [0.5, 0.6) is 17.2 Å². The van der Waals surface area contributed by atoms with E-state index in [2.05, 4.69) is 6.07 Å². The van der Waals surface area contributed by atoms with E-state index in [1.54, 1.807) is 30.3 Å². The monoisotopic (exact) mass is 355 g/mol. The third-order valence-corrected chi connectivity index (χ3v) is 3.67. The Morgan fingerprint density at radius 2 is 1.58 bits per heavy atom. The minimum absolute atomic E-state index is 0.134. The number of nitriles is 1. The van der Waals surface area contributed by atoms with Crippen molar-refractivity contribution in [1.29, 1.82) is 5.26 Å². The van der Waals surface area contributed by atoms with Gasteiger partial charge in [-0.2, -0.15) is 5.26 Å². The highest BCUT2D eigenvalue weighted by molar-refractivity contribution is 5.88. The van der Waals surface area contributed by atoms with Crippen LogP contribution in [0.2, 0.25) is 0 Å². The van der Waals surface area contributed by atoms with Crippen molar-refractivity contribution in [2.24, 2.45) is 0 Å². The van der Waals surface area contributed by atoms with Gasteiger partial charge >= 0.3 is 5.97 Å². The Hall–Kier alpha value is -3.20. The standard InChI is InChI=1S/C20H21NO5/c1-24-18-11-16(20(22)23)12-19(13-18)26-10-4-2-3-9-25-17-7-5-15(14-21)6-8-17/h5-8,11-13H,2-4,9-10H2,1H3,(H,22,23). The van der Waals surface area contributed by atoms with Gasteiger partial charge in [0.15, 0.2) is 0 Å². The zero-order valence-electron chi connectivity index (χ0n) is 14.6. The molecule has 0 aliphatic rings. The number of unbranched alkanes of at least 4 members (excludes halogenated alkanes) is 2. The van der Waals surface area contributed by atoms with E-state index in [4.69, 9.17) is 24.6 Å². The lowest BCUT2D eigenvalue weighted by molar-refractivity contribution is 0.0696. The molecule has 2 aromatic carbocycles. The first-order valence-electron chi connectivity index (χ1n) is 8.30. The maximum absolute atomic E-state index is 11.1. The Bertz CT molecular complexity index is 765. The maximum atomic E-state index is 11.1. The van der Waals surface area contributed by atoms with Gasteiger partial charge in [0, 0.05) is 6.07 Å². The molecule has 0 aliphatic heterocycles. The summed E-state index contributed by atoms with van der Waals surface area (Å²) < 4.78 is 16.3. The van der Waals surface area contributed by atoms with Crippen LogP contribution in [0, 0.1) is 11.3 Å². The van der Waals surface area contributed by atoms with E-state index in [9.17, 15) is 4.79 Å². The summed E-state index contributed by atoms with van der Waals surface area (Å²) in [6, 6.07) is 13.7. The summed E-state index contributed by atoms with van der Waals surface area (Å²) in [7, 11) is 1.48. The smallest absolute Gasteiger partial charge is 0.335 e. The minimum atomic E-state index is -1.02. The molecule has 0 amide bonds. The second kappa shape index (κ2) is 9.94. The molecule has 0 saturated heterocycles. The van der Waals surface area contributed by atoms with Crippen molar-refractivity contribution in [2.45, 2.75) is 19.3 Å². The largest absolute Gasteiger partial charge is 0.497 e. The SMILES string of the molecule is COc1cc(OCCCCCOc2ccc(C#N)cc2)cc(C(=O)O)c1. The van der Waals surface area contributed by atoms with Crippen molar-refractivity contribution >= 4 is 5.97 Å². The zero-order chi connectivity index (χ0) is 18.8. The topological polar surface area (TPSA) is 88.8 Å². The molecule has 136 valence electrons. The first-order chi connectivity index (χ1) is 12.6. The molecular weight excluding hydrogens is 334 g/mol. The summed E-state index contributed by atoms with van der Waals surface area (Å²) in [6.07, 6.45) is 2.63. The number of carboxylic acids is 1. The number of rotatable bonds is 10. The number of aromatic carboxylic acids is 1. The van der Waals surface area contributed by atoms with E-state index < -0.39 is 5.97 Å². The van der Waals surface area contributed by atoms with Crippen LogP contribution < -0.4 is 14.2 Å². The van der Waals surface area contributed by atoms with Crippen molar-refractivity contribution in [2.75, 3.05) is 20.3 Å². The van der Waals surface area contributed by atoms with Crippen LogP contribution in [0.3, 0.4) is 0 Å². The van der Waals surface area contributed by atoms with E-state index in [0.29, 0.717) is 30.3 Å². The second-order valence-corrected chi connectivity index (χ2v) is 5.60. The van der Waals surface area contributed by atoms with Gasteiger partial charge in [-0.1, -0.05) is 0 Å². The average Bonchev–Trinajstić information content (AvgIpc) is 2.67. The van der Waals surface area contributed by atoms with Crippen LogP contribution in [0.15, 0.2) is 42.5 Å². The minimum Gasteiger partial charge on any atom is -0.497 e. The van der Waals surface area contributed by atoms with Gasteiger partial charge in [-0.3, -0.25) is 0 Å². The Kier molecular flexibility index (Phi) is 7.31. The second-order valence-electron chi connectivity index (χ2n) is 5.60. The number of carbonyl (C=O) groups is 1. The van der Waals surface area contributed by atoms with E-state index in [0.717, 1.165) is 25.0 Å². The third kappa shape index (κ3) is 6.02. The van der Waals surface area contributed by atoms with Gasteiger partial charge in [-0.25, -0.2) is 4.79 Å². The van der Waals surface area contributed by atoms with Crippen LogP contribution in [0.4, 0.5) is 0 Å². The summed E-state index contributed by atoms with van der Waals surface area (Å²) in [6.45, 7) is 1.08. The van der Waals surface area contributed by atoms with Gasteiger partial charge in [0.25, 0.3) is 0 Å². The van der Waals surface area contributed by atoms with Gasteiger partial charge in [0.2, 0.25) is 0 Å². The van der Waals surface area contributed by atoms with Gasteiger partial charge in [-0.05, 0) is 55.7 Å². The Balaban J connectivity index is 1.66. The van der Waals surface area contributed by atoms with E-state index in [-0.39, 0.29) is 5.56 Å². The first-order valence-corrected chi connectivity index (χ1v) is 8.30. The lowest BCUT2D eigenvalue weighted by atomic mass is 10.2. The van der Waals surface area contributed by atoms with Gasteiger partial charge in [0.1, 0.15) is 17.2 Å². The Morgan fingerprint density at radius 3 is 2.15 bits per heavy atom. The predicted molar refractivity (Wildman–Crippen MR) is 96.0 cm³/mol. The van der Waals surface area contributed by atoms with Crippen LogP contribution in [-0.4, -0.2) is 31.4 Å². The Labute approximate surface area is 152 Å². The molecule has 2 aromatic rings. The number of hydrogen-bond donors (Lipinski definition) is 1. The van der Waals surface area contributed by atoms with Crippen LogP contribution in [-0.2, 0) is 0 Å². The number of carboxylic acid groups (broad SMARTS) is 1. The lowest BCUT2D eigenvalue weighted by Crippen LogP contribution is -2.03. The van der Waals surface area contributed by atoms with E-state index >= 15 is 0 Å². The maximum Gasteiger partial charge on any atom is 0.335 e. The molecule has 6 nitrogen and oxygen atoms in total. The fourth-order valence-corrected chi connectivity index (χ4v) is 2.28. The molecule has 0 unspecified atom stereocenters. The molecule has 2 rings (SSSR count). The first kappa shape index (κ1) is 19.1. The number of ether oxygens (including phenoxy) is 3. The fourth-order valence-electron chi connectivity index (χ4n) is 2.28. The molecule has 1 N–H and O–H groups in total. The summed E-state index contributed by atoms with van der Waals surface area (Å²) in [4.78, 5) is 11.1. The van der Waals surface area contributed by atoms with Crippen molar-refractivity contribution in [3.05, 3.63) is 53.6 Å². The number of hydrogen-bond acceptors (Lipinski definition) is 5. The van der Waals surface area contributed by atoms with Crippen molar-refractivity contribution in [3.63, 3.8) is 0 Å². The quantitative estimate of drug-likeness (QED) is 0.650. The fraction of sp³-hybridized carbons (Fsp3) is 0.300. The molecule has 0 aromatic heterocycles. The summed E-state index contributed by atoms with van der Waals surface area (Å²) in [5.41, 5.74) is 0.744. The number of methoxy groups -OCH3 is 1. The molecule has 0 saturated carbocycles. The highest BCUT2D eigenvalue weighted by Crippen LogP contribution is 2.23. The molecule has 0 bridgehead atoms. The van der Waals surface area contributed by atoms with Gasteiger partial charge < -0.3 is 19.3 Å². The molecule has 6 heteroatoms. The predicted octanol–water partition coefficient (Wildman–Crippen LogP) is 3.89. The molecular formula is C20H21NO5. The number of benzene rings is 2. The van der Waals surface area contributed by atoms with Gasteiger partial charge in [-0.15, -0.1) is 0 Å². The zero-order valence-corrected chi connectivity index (χ0v) is 14.6. The van der Waals surface area contributed by atoms with Crippen molar-refractivity contribution in [1.82, 2.24) is 0 Å². The Morgan fingerprint density at radius 1 is 0.962 bits per heavy atom. The molecule has 0 heterocycles. The van der Waals surface area contributed by atoms with Crippen LogP contribution in [0.1, 0.15) is 35.2 Å². The highest BCUT2D eigenvalue weighted by Gasteiger charge is 2.08. The van der Waals surface area contributed by atoms with Crippen molar-refractivity contribution in [3.8, 4) is 23.3 Å². The molecule has 0 aliphatic carbocycles. The van der Waals surface area contributed by atoms with E-state index in [1.165, 1.54) is 19.2 Å². The summed E-state index contributed by atoms with van der Waals surface area (Å²) in [5, 5.41) is 17.8. The summed E-state index contributed by atoms with van der Waals surface area (Å²) in [5.74, 6) is 0.665.